The first-order valence-electron chi connectivity index (χ1n) is 5.83. The molecule has 1 aromatic rings. The summed E-state index contributed by atoms with van der Waals surface area (Å²) in [4.78, 5) is 14.5. The van der Waals surface area contributed by atoms with Gasteiger partial charge in [-0.2, -0.15) is 0 Å². The minimum Gasteiger partial charge on any atom is -0.329 e. The molecule has 0 radical (unpaired) electrons. The lowest BCUT2D eigenvalue weighted by Crippen LogP contribution is -2.22. The van der Waals surface area contributed by atoms with E-state index in [1.807, 2.05) is 6.92 Å². The molecular formula is C13H18FN3OS. The van der Waals surface area contributed by atoms with Crippen molar-refractivity contribution < 1.29 is 9.18 Å². The Morgan fingerprint density at radius 3 is 2.95 bits per heavy atom. The lowest BCUT2D eigenvalue weighted by Gasteiger charge is -2.26. The van der Waals surface area contributed by atoms with Crippen LogP contribution in [0.15, 0.2) is 23.2 Å². The molecule has 6 heteroatoms. The highest BCUT2D eigenvalue weighted by Crippen LogP contribution is 2.33. The van der Waals surface area contributed by atoms with E-state index >= 15 is 0 Å². The standard InChI is InChI=1S/C13H18FN3OS/c1-13(16-2,5-6-19-8-15)11-7-10(17-9-18)3-4-12(11)14/h3-4,7,9H,2,5-6,8,15H2,1H3,(H,17,18)/t13-/m0/s1. The fourth-order valence-corrected chi connectivity index (χ4v) is 2.46. The van der Waals surface area contributed by atoms with Gasteiger partial charge < -0.3 is 11.1 Å². The van der Waals surface area contributed by atoms with Crippen molar-refractivity contribution >= 4 is 30.6 Å². The molecule has 0 unspecified atom stereocenters. The van der Waals surface area contributed by atoms with Crippen LogP contribution in [0.5, 0.6) is 0 Å². The van der Waals surface area contributed by atoms with Crippen molar-refractivity contribution in [3.05, 3.63) is 29.6 Å². The van der Waals surface area contributed by atoms with Crippen LogP contribution in [0.4, 0.5) is 10.1 Å². The maximum Gasteiger partial charge on any atom is 0.211 e. The summed E-state index contributed by atoms with van der Waals surface area (Å²) in [7, 11) is 0. The highest BCUT2D eigenvalue weighted by atomic mass is 32.2. The van der Waals surface area contributed by atoms with Crippen LogP contribution < -0.4 is 11.1 Å². The molecule has 0 saturated carbocycles. The Balaban J connectivity index is 3.04. The third-order valence-corrected chi connectivity index (χ3v) is 3.70. The second-order valence-electron chi connectivity index (χ2n) is 4.21. The molecule has 0 aliphatic carbocycles. The molecule has 1 rings (SSSR count). The zero-order chi connectivity index (χ0) is 14.3. The minimum atomic E-state index is -0.729. The van der Waals surface area contributed by atoms with Gasteiger partial charge in [0.15, 0.2) is 0 Å². The second kappa shape index (κ2) is 7.25. The van der Waals surface area contributed by atoms with Crippen molar-refractivity contribution in [2.75, 3.05) is 16.9 Å². The number of aliphatic imine (C=N–C) groups is 1. The van der Waals surface area contributed by atoms with Gasteiger partial charge in [-0.1, -0.05) is 0 Å². The van der Waals surface area contributed by atoms with E-state index in [1.54, 1.807) is 17.8 Å². The summed E-state index contributed by atoms with van der Waals surface area (Å²) in [5.41, 5.74) is 5.65. The predicted octanol–water partition coefficient (Wildman–Crippen LogP) is 2.35. The zero-order valence-electron chi connectivity index (χ0n) is 10.9. The second-order valence-corrected chi connectivity index (χ2v) is 5.36. The molecule has 4 nitrogen and oxygen atoms in total. The lowest BCUT2D eigenvalue weighted by molar-refractivity contribution is -0.105. The predicted molar refractivity (Wildman–Crippen MR) is 79.1 cm³/mol. The van der Waals surface area contributed by atoms with E-state index in [4.69, 9.17) is 5.73 Å². The Morgan fingerprint density at radius 2 is 2.37 bits per heavy atom. The van der Waals surface area contributed by atoms with Crippen LogP contribution in [0.25, 0.3) is 0 Å². The number of anilines is 1. The summed E-state index contributed by atoms with van der Waals surface area (Å²) < 4.78 is 14.0. The molecule has 0 bridgehead atoms. The summed E-state index contributed by atoms with van der Waals surface area (Å²) in [5.74, 6) is 0.920. The maximum atomic E-state index is 14.0. The van der Waals surface area contributed by atoms with Gasteiger partial charge in [0.2, 0.25) is 6.41 Å². The molecule has 1 amide bonds. The molecule has 104 valence electrons. The van der Waals surface area contributed by atoms with E-state index in [-0.39, 0.29) is 5.82 Å². The van der Waals surface area contributed by atoms with Crippen molar-refractivity contribution in [3.8, 4) is 0 Å². The summed E-state index contributed by atoms with van der Waals surface area (Å²) in [6, 6.07) is 4.41. The van der Waals surface area contributed by atoms with Gasteiger partial charge in [0.25, 0.3) is 0 Å². The van der Waals surface area contributed by atoms with Crippen molar-refractivity contribution in [1.29, 1.82) is 0 Å². The topological polar surface area (TPSA) is 67.5 Å². The number of nitrogens with two attached hydrogens (primary N) is 1. The Hall–Kier alpha value is -1.40. The molecule has 3 N–H and O–H groups in total. The van der Waals surface area contributed by atoms with Crippen LogP contribution in [0.1, 0.15) is 18.9 Å². The molecule has 0 aliphatic rings. The quantitative estimate of drug-likeness (QED) is 0.333. The van der Waals surface area contributed by atoms with Gasteiger partial charge in [-0.15, -0.1) is 11.8 Å². The zero-order valence-corrected chi connectivity index (χ0v) is 11.7. The van der Waals surface area contributed by atoms with E-state index in [2.05, 4.69) is 17.0 Å². The van der Waals surface area contributed by atoms with Crippen LogP contribution in [0.3, 0.4) is 0 Å². The van der Waals surface area contributed by atoms with Gasteiger partial charge >= 0.3 is 0 Å². The van der Waals surface area contributed by atoms with Gasteiger partial charge in [0.1, 0.15) is 5.82 Å². The number of halogens is 1. The number of hydrogen-bond donors (Lipinski definition) is 2. The molecule has 1 atom stereocenters. The van der Waals surface area contributed by atoms with Crippen LogP contribution >= 0.6 is 11.8 Å². The van der Waals surface area contributed by atoms with Gasteiger partial charge in [-0.05, 0) is 44.0 Å². The summed E-state index contributed by atoms with van der Waals surface area (Å²) in [6.07, 6.45) is 1.18. The first-order chi connectivity index (χ1) is 9.07. The smallest absolute Gasteiger partial charge is 0.211 e. The number of nitrogens with zero attached hydrogens (tertiary/aromatic N) is 1. The normalized spacial score (nSPS) is 13.6. The van der Waals surface area contributed by atoms with Gasteiger partial charge in [-0.25, -0.2) is 4.39 Å². The lowest BCUT2D eigenvalue weighted by atomic mass is 9.89. The summed E-state index contributed by atoms with van der Waals surface area (Å²) in [6.45, 7) is 5.38. The third kappa shape index (κ3) is 4.04. The number of benzene rings is 1. The molecule has 0 fully saturated rings. The fourth-order valence-electron chi connectivity index (χ4n) is 1.75. The summed E-state index contributed by atoms with van der Waals surface area (Å²) >= 11 is 1.56. The van der Waals surface area contributed by atoms with Gasteiger partial charge in [-0.3, -0.25) is 9.79 Å². The number of hydrogen-bond acceptors (Lipinski definition) is 4. The van der Waals surface area contributed by atoms with Crippen LogP contribution in [0.2, 0.25) is 0 Å². The van der Waals surface area contributed by atoms with Crippen molar-refractivity contribution in [2.24, 2.45) is 10.7 Å². The van der Waals surface area contributed by atoms with Crippen molar-refractivity contribution in [3.63, 3.8) is 0 Å². The first-order valence-corrected chi connectivity index (χ1v) is 6.99. The van der Waals surface area contributed by atoms with Gasteiger partial charge in [0.05, 0.1) is 5.54 Å². The van der Waals surface area contributed by atoms with E-state index < -0.39 is 5.54 Å². The number of carbonyl (C=O) groups excluding carboxylic acids is 1. The largest absolute Gasteiger partial charge is 0.329 e. The van der Waals surface area contributed by atoms with Crippen LogP contribution in [-0.2, 0) is 10.3 Å². The van der Waals surface area contributed by atoms with Gasteiger partial charge in [0, 0.05) is 17.1 Å². The van der Waals surface area contributed by atoms with E-state index in [0.717, 1.165) is 5.75 Å². The Kier molecular flexibility index (Phi) is 5.98. The molecule has 0 saturated heterocycles. The third-order valence-electron chi connectivity index (χ3n) is 2.97. The number of nitrogens with one attached hydrogen (secondary N) is 1. The average molecular weight is 283 g/mol. The Labute approximate surface area is 116 Å². The molecule has 0 aromatic heterocycles. The first kappa shape index (κ1) is 15.7. The number of thioether (sulfide) groups is 1. The fraction of sp³-hybridized carbons (Fsp3) is 0.385. The Morgan fingerprint density at radius 1 is 1.63 bits per heavy atom. The minimum absolute atomic E-state index is 0.357. The monoisotopic (exact) mass is 283 g/mol. The maximum absolute atomic E-state index is 14.0. The molecule has 0 spiro atoms. The summed E-state index contributed by atoms with van der Waals surface area (Å²) in [5, 5.41) is 2.50. The van der Waals surface area contributed by atoms with Crippen molar-refractivity contribution in [2.45, 2.75) is 18.9 Å². The highest BCUT2D eigenvalue weighted by molar-refractivity contribution is 7.99. The number of rotatable bonds is 8. The number of amides is 1. The SMILES string of the molecule is C=N[C@@](C)(CCSCN)c1cc(NC=O)ccc1F. The molecular weight excluding hydrogens is 265 g/mol. The molecule has 0 aliphatic heterocycles. The molecule has 1 aromatic carbocycles. The van der Waals surface area contributed by atoms with E-state index in [0.29, 0.717) is 30.0 Å². The molecule has 0 heterocycles. The number of carbonyl (C=O) groups is 1. The van der Waals surface area contributed by atoms with E-state index in [1.165, 1.54) is 12.1 Å². The highest BCUT2D eigenvalue weighted by Gasteiger charge is 2.27. The van der Waals surface area contributed by atoms with E-state index in [9.17, 15) is 9.18 Å². The average Bonchev–Trinajstić information content (AvgIpc) is 2.41. The van der Waals surface area contributed by atoms with Crippen LogP contribution in [0, 0.1) is 5.82 Å². The Bertz CT molecular complexity index is 456. The van der Waals surface area contributed by atoms with Crippen molar-refractivity contribution in [1.82, 2.24) is 0 Å². The van der Waals surface area contributed by atoms with Crippen LogP contribution in [-0.4, -0.2) is 24.8 Å². The molecule has 19 heavy (non-hydrogen) atoms.